The van der Waals surface area contributed by atoms with Gasteiger partial charge >= 0.3 is 0 Å². The average Bonchev–Trinajstić information content (AvgIpc) is 2.02. The van der Waals surface area contributed by atoms with Gasteiger partial charge in [0.05, 0.1) is 5.75 Å². The summed E-state index contributed by atoms with van der Waals surface area (Å²) in [6.07, 6.45) is 1.95. The van der Waals surface area contributed by atoms with Gasteiger partial charge in [0.25, 0.3) is 0 Å². The molecule has 0 aromatic rings. The number of hydrogen-bond donors (Lipinski definition) is 2. The largest absolute Gasteiger partial charge is 0.396 e. The molecule has 78 valence electrons. The highest BCUT2D eigenvalue weighted by Crippen LogP contribution is 1.99. The van der Waals surface area contributed by atoms with Crippen LogP contribution in [0.25, 0.3) is 0 Å². The SMILES string of the molecule is C=CCS(=O)(=O)NCC(C)CCO. The van der Waals surface area contributed by atoms with Gasteiger partial charge in [0.1, 0.15) is 0 Å². The normalized spacial score (nSPS) is 14.0. The summed E-state index contributed by atoms with van der Waals surface area (Å²) in [5, 5.41) is 8.58. The highest BCUT2D eigenvalue weighted by molar-refractivity contribution is 7.89. The first-order valence-electron chi connectivity index (χ1n) is 4.21. The Kier molecular flexibility index (Phi) is 5.94. The minimum atomic E-state index is -3.19. The zero-order valence-corrected chi connectivity index (χ0v) is 8.68. The van der Waals surface area contributed by atoms with Gasteiger partial charge in [0, 0.05) is 13.2 Å². The third-order valence-corrected chi connectivity index (χ3v) is 2.89. The van der Waals surface area contributed by atoms with E-state index >= 15 is 0 Å². The summed E-state index contributed by atoms with van der Waals surface area (Å²) in [6.45, 7) is 5.69. The van der Waals surface area contributed by atoms with Gasteiger partial charge in [-0.15, -0.1) is 6.58 Å². The second kappa shape index (κ2) is 6.12. The van der Waals surface area contributed by atoms with Gasteiger partial charge in [-0.1, -0.05) is 13.0 Å². The van der Waals surface area contributed by atoms with Gasteiger partial charge in [-0.05, 0) is 12.3 Å². The summed E-state index contributed by atoms with van der Waals surface area (Å²) in [4.78, 5) is 0. The molecule has 2 N–H and O–H groups in total. The van der Waals surface area contributed by atoms with Crippen LogP contribution in [0, 0.1) is 5.92 Å². The third-order valence-electron chi connectivity index (χ3n) is 1.61. The average molecular weight is 207 g/mol. The van der Waals surface area contributed by atoms with E-state index in [-0.39, 0.29) is 18.3 Å². The van der Waals surface area contributed by atoms with Gasteiger partial charge < -0.3 is 5.11 Å². The lowest BCUT2D eigenvalue weighted by atomic mass is 10.1. The molecule has 1 unspecified atom stereocenters. The fraction of sp³-hybridized carbons (Fsp3) is 0.750. The molecular formula is C8H17NO3S. The van der Waals surface area contributed by atoms with Crippen molar-refractivity contribution in [1.82, 2.24) is 4.72 Å². The van der Waals surface area contributed by atoms with Crippen molar-refractivity contribution in [3.05, 3.63) is 12.7 Å². The van der Waals surface area contributed by atoms with E-state index in [0.29, 0.717) is 13.0 Å². The molecule has 0 saturated heterocycles. The van der Waals surface area contributed by atoms with Gasteiger partial charge in [-0.25, -0.2) is 13.1 Å². The summed E-state index contributed by atoms with van der Waals surface area (Å²) in [6, 6.07) is 0. The quantitative estimate of drug-likeness (QED) is 0.582. The lowest BCUT2D eigenvalue weighted by Crippen LogP contribution is -2.30. The Morgan fingerprint density at radius 1 is 1.62 bits per heavy atom. The Labute approximate surface area is 79.7 Å². The molecule has 0 aliphatic rings. The van der Waals surface area contributed by atoms with Crippen molar-refractivity contribution in [2.75, 3.05) is 18.9 Å². The van der Waals surface area contributed by atoms with Crippen molar-refractivity contribution in [2.45, 2.75) is 13.3 Å². The molecule has 0 aromatic carbocycles. The predicted octanol–water partition coefficient (Wildman–Crippen LogP) is 0.110. The maximum Gasteiger partial charge on any atom is 0.215 e. The smallest absolute Gasteiger partial charge is 0.215 e. The minimum absolute atomic E-state index is 0.0567. The van der Waals surface area contributed by atoms with Crippen molar-refractivity contribution in [2.24, 2.45) is 5.92 Å². The minimum Gasteiger partial charge on any atom is -0.396 e. The molecular weight excluding hydrogens is 190 g/mol. The van der Waals surface area contributed by atoms with E-state index in [1.807, 2.05) is 6.92 Å². The lowest BCUT2D eigenvalue weighted by Gasteiger charge is -2.10. The van der Waals surface area contributed by atoms with Crippen molar-refractivity contribution in [3.63, 3.8) is 0 Å². The number of hydrogen-bond acceptors (Lipinski definition) is 3. The molecule has 0 bridgehead atoms. The van der Waals surface area contributed by atoms with Crippen LogP contribution in [0.5, 0.6) is 0 Å². The second-order valence-electron chi connectivity index (χ2n) is 3.04. The molecule has 1 atom stereocenters. The Morgan fingerprint density at radius 2 is 2.23 bits per heavy atom. The highest BCUT2D eigenvalue weighted by Gasteiger charge is 2.09. The summed E-state index contributed by atoms with van der Waals surface area (Å²) in [5.74, 6) is 0.100. The zero-order valence-electron chi connectivity index (χ0n) is 7.86. The van der Waals surface area contributed by atoms with Gasteiger partial charge in [-0.2, -0.15) is 0 Å². The van der Waals surface area contributed by atoms with Crippen LogP contribution in [-0.4, -0.2) is 32.4 Å². The molecule has 0 amide bonds. The standard InChI is InChI=1S/C8H17NO3S/c1-3-6-13(11,12)9-7-8(2)4-5-10/h3,8-10H,1,4-7H2,2H3. The van der Waals surface area contributed by atoms with Crippen LogP contribution in [0.3, 0.4) is 0 Å². The summed E-state index contributed by atoms with van der Waals surface area (Å²) >= 11 is 0. The van der Waals surface area contributed by atoms with Crippen molar-refractivity contribution < 1.29 is 13.5 Å². The van der Waals surface area contributed by atoms with Crippen LogP contribution in [0.1, 0.15) is 13.3 Å². The molecule has 0 aromatic heterocycles. The Morgan fingerprint density at radius 3 is 2.69 bits per heavy atom. The first-order valence-corrected chi connectivity index (χ1v) is 5.86. The van der Waals surface area contributed by atoms with E-state index in [1.54, 1.807) is 0 Å². The van der Waals surface area contributed by atoms with Gasteiger partial charge in [0.15, 0.2) is 0 Å². The van der Waals surface area contributed by atoms with Gasteiger partial charge in [-0.3, -0.25) is 0 Å². The Bertz CT molecular complexity index is 236. The topological polar surface area (TPSA) is 66.4 Å². The first-order chi connectivity index (χ1) is 6.02. The maximum absolute atomic E-state index is 11.1. The van der Waals surface area contributed by atoms with Crippen LogP contribution in [-0.2, 0) is 10.0 Å². The summed E-state index contributed by atoms with van der Waals surface area (Å²) < 4.78 is 24.6. The second-order valence-corrected chi connectivity index (χ2v) is 4.89. The maximum atomic E-state index is 11.1. The number of sulfonamides is 1. The van der Waals surface area contributed by atoms with Crippen molar-refractivity contribution in [1.29, 1.82) is 0 Å². The van der Waals surface area contributed by atoms with Crippen LogP contribution < -0.4 is 4.72 Å². The number of aliphatic hydroxyl groups excluding tert-OH is 1. The molecule has 0 heterocycles. The molecule has 0 fully saturated rings. The van der Waals surface area contributed by atoms with Crippen LogP contribution in [0.2, 0.25) is 0 Å². The van der Waals surface area contributed by atoms with E-state index in [9.17, 15) is 8.42 Å². The Balaban J connectivity index is 3.80. The molecule has 0 radical (unpaired) electrons. The molecule has 0 spiro atoms. The van der Waals surface area contributed by atoms with Gasteiger partial charge in [0.2, 0.25) is 10.0 Å². The number of nitrogens with one attached hydrogen (secondary N) is 1. The van der Waals surface area contributed by atoms with Crippen LogP contribution in [0.4, 0.5) is 0 Å². The van der Waals surface area contributed by atoms with E-state index < -0.39 is 10.0 Å². The number of rotatable bonds is 7. The lowest BCUT2D eigenvalue weighted by molar-refractivity contribution is 0.263. The molecule has 0 saturated carbocycles. The van der Waals surface area contributed by atoms with E-state index in [1.165, 1.54) is 6.08 Å². The van der Waals surface area contributed by atoms with E-state index in [2.05, 4.69) is 11.3 Å². The first kappa shape index (κ1) is 12.6. The molecule has 13 heavy (non-hydrogen) atoms. The highest BCUT2D eigenvalue weighted by atomic mass is 32.2. The molecule has 0 rings (SSSR count). The number of aliphatic hydroxyl groups is 1. The fourth-order valence-corrected chi connectivity index (χ4v) is 1.77. The molecule has 0 aliphatic heterocycles. The molecule has 0 aliphatic carbocycles. The summed E-state index contributed by atoms with van der Waals surface area (Å²) in [7, 11) is -3.19. The summed E-state index contributed by atoms with van der Waals surface area (Å²) in [5.41, 5.74) is 0. The monoisotopic (exact) mass is 207 g/mol. The fourth-order valence-electron chi connectivity index (χ4n) is 0.806. The van der Waals surface area contributed by atoms with Crippen molar-refractivity contribution >= 4 is 10.0 Å². The third kappa shape index (κ3) is 6.74. The Hall–Kier alpha value is -0.390. The van der Waals surface area contributed by atoms with Crippen LogP contribution >= 0.6 is 0 Å². The van der Waals surface area contributed by atoms with E-state index in [4.69, 9.17) is 5.11 Å². The molecule has 4 nitrogen and oxygen atoms in total. The van der Waals surface area contributed by atoms with Crippen molar-refractivity contribution in [3.8, 4) is 0 Å². The zero-order chi connectivity index (χ0) is 10.3. The van der Waals surface area contributed by atoms with E-state index in [0.717, 1.165) is 0 Å². The van der Waals surface area contributed by atoms with Crippen LogP contribution in [0.15, 0.2) is 12.7 Å². The molecule has 5 heteroatoms. The predicted molar refractivity (Wildman–Crippen MR) is 52.9 cm³/mol.